The first-order valence-corrected chi connectivity index (χ1v) is 10.7. The molecule has 29 heavy (non-hydrogen) atoms. The molecule has 0 bridgehead atoms. The first-order valence-electron chi connectivity index (χ1n) is 9.84. The molecule has 0 spiro atoms. The van der Waals surface area contributed by atoms with Gasteiger partial charge in [0.2, 0.25) is 5.91 Å². The van der Waals surface area contributed by atoms with Gasteiger partial charge in [0, 0.05) is 47.4 Å². The van der Waals surface area contributed by atoms with Crippen LogP contribution in [0.25, 0.3) is 10.8 Å². The lowest BCUT2D eigenvalue weighted by molar-refractivity contribution is -0.132. The van der Waals surface area contributed by atoms with Crippen molar-refractivity contribution < 1.29 is 14.4 Å². The van der Waals surface area contributed by atoms with Crippen LogP contribution >= 0.6 is 11.3 Å². The maximum absolute atomic E-state index is 12.9. The van der Waals surface area contributed by atoms with Gasteiger partial charge >= 0.3 is 0 Å². The SMILES string of the molecule is O=C(CCCN1C(=O)c2cccc3cccc(c23)C1=O)N1CCc2sccc2C1. The molecule has 3 heterocycles. The number of carbonyl (C=O) groups is 3. The fourth-order valence-corrected chi connectivity index (χ4v) is 5.18. The third kappa shape index (κ3) is 3.04. The highest BCUT2D eigenvalue weighted by atomic mass is 32.1. The van der Waals surface area contributed by atoms with Crippen molar-refractivity contribution in [3.8, 4) is 0 Å². The quantitative estimate of drug-likeness (QED) is 0.621. The van der Waals surface area contributed by atoms with Crippen molar-refractivity contribution in [2.75, 3.05) is 13.1 Å². The van der Waals surface area contributed by atoms with Crippen molar-refractivity contribution in [3.05, 3.63) is 69.4 Å². The molecule has 1 aromatic heterocycles. The summed E-state index contributed by atoms with van der Waals surface area (Å²) in [5.74, 6) is -0.457. The molecule has 0 N–H and O–H groups in total. The average Bonchev–Trinajstić information content (AvgIpc) is 3.22. The molecule has 3 aromatic rings. The van der Waals surface area contributed by atoms with Crippen LogP contribution in [0.15, 0.2) is 47.8 Å². The van der Waals surface area contributed by atoms with Crippen molar-refractivity contribution in [1.29, 1.82) is 0 Å². The molecule has 0 atom stereocenters. The number of benzene rings is 2. The zero-order chi connectivity index (χ0) is 20.0. The largest absolute Gasteiger partial charge is 0.338 e. The van der Waals surface area contributed by atoms with E-state index < -0.39 is 0 Å². The second kappa shape index (κ2) is 7.12. The van der Waals surface area contributed by atoms with Crippen LogP contribution in [0.1, 0.15) is 44.0 Å². The van der Waals surface area contributed by atoms with Gasteiger partial charge in [0.15, 0.2) is 0 Å². The summed E-state index contributed by atoms with van der Waals surface area (Å²) in [6, 6.07) is 13.1. The lowest BCUT2D eigenvalue weighted by Gasteiger charge is -2.29. The molecule has 6 heteroatoms. The van der Waals surface area contributed by atoms with Gasteiger partial charge in [-0.2, -0.15) is 0 Å². The third-order valence-electron chi connectivity index (χ3n) is 5.79. The summed E-state index contributed by atoms with van der Waals surface area (Å²) >= 11 is 1.75. The van der Waals surface area contributed by atoms with Crippen LogP contribution in [0.4, 0.5) is 0 Å². The van der Waals surface area contributed by atoms with E-state index in [1.54, 1.807) is 23.5 Å². The van der Waals surface area contributed by atoms with Crippen LogP contribution in [0.5, 0.6) is 0 Å². The van der Waals surface area contributed by atoms with Gasteiger partial charge in [0.05, 0.1) is 0 Å². The van der Waals surface area contributed by atoms with E-state index in [9.17, 15) is 14.4 Å². The number of imide groups is 1. The van der Waals surface area contributed by atoms with E-state index in [2.05, 4.69) is 11.4 Å². The molecule has 0 saturated heterocycles. The third-order valence-corrected chi connectivity index (χ3v) is 6.81. The normalized spacial score (nSPS) is 15.7. The predicted octanol–water partition coefficient (Wildman–Crippen LogP) is 3.86. The number of amides is 3. The zero-order valence-electron chi connectivity index (χ0n) is 15.9. The molecule has 2 aliphatic heterocycles. The molecule has 0 fully saturated rings. The summed E-state index contributed by atoms with van der Waals surface area (Å²) in [5.41, 5.74) is 2.36. The molecule has 2 aliphatic rings. The lowest BCUT2D eigenvalue weighted by Crippen LogP contribution is -2.41. The maximum atomic E-state index is 12.9. The molecule has 3 amide bonds. The Bertz CT molecular complexity index is 1100. The van der Waals surface area contributed by atoms with E-state index in [4.69, 9.17) is 0 Å². The standard InChI is InChI=1S/C23H20N2O3S/c26-20(24-12-9-19-16(14-24)10-13-29-19)8-3-11-25-22(27)17-6-1-4-15-5-2-7-18(21(15)17)23(25)28/h1-2,4-7,10,13H,3,8-9,11-12,14H2. The minimum absolute atomic E-state index is 0.0845. The molecular weight excluding hydrogens is 384 g/mol. The van der Waals surface area contributed by atoms with Crippen molar-refractivity contribution >= 4 is 39.8 Å². The van der Waals surface area contributed by atoms with Gasteiger partial charge in [0.1, 0.15) is 0 Å². The maximum Gasteiger partial charge on any atom is 0.261 e. The Hall–Kier alpha value is -2.99. The topological polar surface area (TPSA) is 57.7 Å². The molecule has 0 unspecified atom stereocenters. The van der Waals surface area contributed by atoms with Crippen LogP contribution < -0.4 is 0 Å². The second-order valence-corrected chi connectivity index (χ2v) is 8.51. The summed E-state index contributed by atoms with van der Waals surface area (Å²) < 4.78 is 0. The summed E-state index contributed by atoms with van der Waals surface area (Å²) in [6.45, 7) is 1.66. The zero-order valence-corrected chi connectivity index (χ0v) is 16.7. The van der Waals surface area contributed by atoms with Crippen molar-refractivity contribution in [1.82, 2.24) is 9.80 Å². The van der Waals surface area contributed by atoms with Gasteiger partial charge in [-0.05, 0) is 47.4 Å². The fraction of sp³-hybridized carbons (Fsp3) is 0.261. The molecule has 146 valence electrons. The lowest BCUT2D eigenvalue weighted by atomic mass is 9.94. The molecule has 0 radical (unpaired) electrons. The van der Waals surface area contributed by atoms with Gasteiger partial charge in [-0.1, -0.05) is 24.3 Å². The van der Waals surface area contributed by atoms with Crippen molar-refractivity contribution in [3.63, 3.8) is 0 Å². The molecule has 0 aliphatic carbocycles. The Morgan fingerprint density at radius 1 is 1.00 bits per heavy atom. The van der Waals surface area contributed by atoms with Crippen LogP contribution in [0.3, 0.4) is 0 Å². The average molecular weight is 404 g/mol. The number of carbonyl (C=O) groups excluding carboxylic acids is 3. The second-order valence-electron chi connectivity index (χ2n) is 7.51. The van der Waals surface area contributed by atoms with E-state index in [0.717, 1.165) is 23.7 Å². The fourth-order valence-electron chi connectivity index (χ4n) is 4.29. The summed E-state index contributed by atoms with van der Waals surface area (Å²) in [5, 5.41) is 3.71. The monoisotopic (exact) mass is 404 g/mol. The predicted molar refractivity (Wildman–Crippen MR) is 112 cm³/mol. The van der Waals surface area contributed by atoms with Crippen LogP contribution in [-0.2, 0) is 17.8 Å². The Morgan fingerprint density at radius 2 is 1.72 bits per heavy atom. The Kier molecular flexibility index (Phi) is 4.43. The van der Waals surface area contributed by atoms with E-state index in [1.165, 1.54) is 15.3 Å². The number of nitrogens with zero attached hydrogens (tertiary/aromatic N) is 2. The molecular formula is C23H20N2O3S. The Labute approximate surface area is 172 Å². The smallest absolute Gasteiger partial charge is 0.261 e. The Morgan fingerprint density at radius 3 is 2.45 bits per heavy atom. The summed E-state index contributed by atoms with van der Waals surface area (Å²) in [7, 11) is 0. The van der Waals surface area contributed by atoms with Crippen LogP contribution in [0, 0.1) is 0 Å². The van der Waals surface area contributed by atoms with Gasteiger partial charge in [-0.15, -0.1) is 11.3 Å². The highest BCUT2D eigenvalue weighted by Gasteiger charge is 2.32. The highest BCUT2D eigenvalue weighted by molar-refractivity contribution is 7.10. The number of rotatable bonds is 4. The first-order chi connectivity index (χ1) is 14.1. The number of fused-ring (bicyclic) bond motifs is 1. The Balaban J connectivity index is 1.27. The summed E-state index contributed by atoms with van der Waals surface area (Å²) in [4.78, 5) is 43.0. The minimum atomic E-state index is -0.271. The van der Waals surface area contributed by atoms with Crippen LogP contribution in [-0.4, -0.2) is 40.6 Å². The number of hydrogen-bond acceptors (Lipinski definition) is 4. The molecule has 0 saturated carbocycles. The van der Waals surface area contributed by atoms with Crippen molar-refractivity contribution in [2.45, 2.75) is 25.8 Å². The van der Waals surface area contributed by atoms with E-state index in [-0.39, 0.29) is 24.3 Å². The van der Waals surface area contributed by atoms with Gasteiger partial charge < -0.3 is 4.90 Å². The van der Waals surface area contributed by atoms with Crippen molar-refractivity contribution in [2.24, 2.45) is 0 Å². The molecule has 5 nitrogen and oxygen atoms in total. The first kappa shape index (κ1) is 18.1. The van der Waals surface area contributed by atoms with E-state index in [1.807, 2.05) is 29.2 Å². The minimum Gasteiger partial charge on any atom is -0.338 e. The van der Waals surface area contributed by atoms with Crippen LogP contribution in [0.2, 0.25) is 0 Å². The van der Waals surface area contributed by atoms with E-state index >= 15 is 0 Å². The molecule has 2 aromatic carbocycles. The molecule has 5 rings (SSSR count). The van der Waals surface area contributed by atoms with E-state index in [0.29, 0.717) is 30.5 Å². The highest BCUT2D eigenvalue weighted by Crippen LogP contribution is 2.30. The van der Waals surface area contributed by atoms with Gasteiger partial charge in [-0.3, -0.25) is 19.3 Å². The summed E-state index contributed by atoms with van der Waals surface area (Å²) in [6.07, 6.45) is 1.71. The van der Waals surface area contributed by atoms with Gasteiger partial charge in [0.25, 0.3) is 11.8 Å². The van der Waals surface area contributed by atoms with Gasteiger partial charge in [-0.25, -0.2) is 0 Å². The number of hydrogen-bond donors (Lipinski definition) is 0. The number of thiophene rings is 1.